The first-order valence-corrected chi connectivity index (χ1v) is 6.10. The van der Waals surface area contributed by atoms with E-state index in [9.17, 15) is 0 Å². The van der Waals surface area contributed by atoms with Gasteiger partial charge in [-0.15, -0.1) is 3.79 Å². The third-order valence-corrected chi connectivity index (χ3v) is 3.17. The monoisotopic (exact) mass is 256 g/mol. The molecule has 88 valence electrons. The van der Waals surface area contributed by atoms with Gasteiger partial charge in [0.15, 0.2) is 5.84 Å². The molecule has 3 aromatic rings. The number of hydrogen-bond donors (Lipinski definition) is 1. The molecule has 0 amide bonds. The number of rotatable bonds is 2. The average Bonchev–Trinajstić information content (AvgIpc) is 2.83. The Morgan fingerprint density at radius 1 is 1.22 bits per heavy atom. The highest BCUT2D eigenvalue weighted by Crippen LogP contribution is 2.15. The van der Waals surface area contributed by atoms with Crippen molar-refractivity contribution in [1.29, 1.82) is 0 Å². The molecule has 3 aromatic heterocycles. The highest BCUT2D eigenvalue weighted by molar-refractivity contribution is 6.95. The van der Waals surface area contributed by atoms with Crippen LogP contribution in [-0.4, -0.2) is 15.2 Å². The summed E-state index contributed by atoms with van der Waals surface area (Å²) in [6, 6.07) is 11.4. The molecule has 6 heteroatoms. The zero-order chi connectivity index (χ0) is 12.4. The van der Waals surface area contributed by atoms with E-state index in [2.05, 4.69) is 14.3 Å². The predicted molar refractivity (Wildman–Crippen MR) is 69.9 cm³/mol. The minimum Gasteiger partial charge on any atom is -0.382 e. The molecule has 0 fully saturated rings. The van der Waals surface area contributed by atoms with Crippen LogP contribution in [0.3, 0.4) is 0 Å². The standard InChI is InChI=1S/C12H10N5S/c13-11(9-5-1-3-7-14-9)15-12-10-6-2-4-8-17(10)18-16-12/h1-8H,(H2,13,15,16)/q+1. The first-order chi connectivity index (χ1) is 8.84. The van der Waals surface area contributed by atoms with E-state index in [4.69, 9.17) is 5.73 Å². The summed E-state index contributed by atoms with van der Waals surface area (Å²) in [4.78, 5) is 8.48. The van der Waals surface area contributed by atoms with Gasteiger partial charge in [-0.05, 0) is 24.3 Å². The third kappa shape index (κ3) is 1.93. The van der Waals surface area contributed by atoms with Crippen LogP contribution in [0.5, 0.6) is 0 Å². The highest BCUT2D eigenvalue weighted by Gasteiger charge is 2.14. The Kier molecular flexibility index (Phi) is 2.70. The van der Waals surface area contributed by atoms with Crippen LogP contribution in [0.1, 0.15) is 5.69 Å². The van der Waals surface area contributed by atoms with Gasteiger partial charge in [-0.2, -0.15) is 4.99 Å². The molecule has 0 bridgehead atoms. The first-order valence-electron chi connectivity index (χ1n) is 5.37. The summed E-state index contributed by atoms with van der Waals surface area (Å²) in [6.07, 6.45) is 3.62. The molecule has 0 aromatic carbocycles. The SMILES string of the molecule is NC(=Nc1ns[n+]2ccccc12)c1ccccn1. The topological polar surface area (TPSA) is 68.3 Å². The molecule has 0 saturated heterocycles. The van der Waals surface area contributed by atoms with Gasteiger partial charge in [0.1, 0.15) is 11.9 Å². The van der Waals surface area contributed by atoms with Crippen molar-refractivity contribution in [3.05, 3.63) is 54.5 Å². The Balaban J connectivity index is 2.06. The van der Waals surface area contributed by atoms with E-state index in [1.807, 2.05) is 46.4 Å². The van der Waals surface area contributed by atoms with E-state index in [0.717, 1.165) is 5.52 Å². The molecule has 0 unspecified atom stereocenters. The second kappa shape index (κ2) is 4.50. The largest absolute Gasteiger partial charge is 0.382 e. The summed E-state index contributed by atoms with van der Waals surface area (Å²) < 4.78 is 6.21. The van der Waals surface area contributed by atoms with Gasteiger partial charge in [0.2, 0.25) is 5.52 Å². The Morgan fingerprint density at radius 2 is 2.11 bits per heavy atom. The molecule has 3 heterocycles. The predicted octanol–water partition coefficient (Wildman–Crippen LogP) is 1.31. The van der Waals surface area contributed by atoms with Crippen LogP contribution in [-0.2, 0) is 0 Å². The molecule has 0 aliphatic rings. The minimum atomic E-state index is 0.368. The molecular weight excluding hydrogens is 246 g/mol. The third-order valence-electron chi connectivity index (χ3n) is 2.42. The van der Waals surface area contributed by atoms with Crippen LogP contribution >= 0.6 is 11.7 Å². The fourth-order valence-electron chi connectivity index (χ4n) is 1.57. The second-order valence-corrected chi connectivity index (χ2v) is 4.36. The Bertz CT molecular complexity index is 705. The lowest BCUT2D eigenvalue weighted by molar-refractivity contribution is -0.432. The summed E-state index contributed by atoms with van der Waals surface area (Å²) in [7, 11) is 0. The van der Waals surface area contributed by atoms with Gasteiger partial charge in [0.25, 0.3) is 11.7 Å². The normalized spacial score (nSPS) is 11.9. The zero-order valence-corrected chi connectivity index (χ0v) is 10.2. The van der Waals surface area contributed by atoms with Crippen molar-refractivity contribution < 1.29 is 3.79 Å². The van der Waals surface area contributed by atoms with E-state index in [1.54, 1.807) is 6.20 Å². The van der Waals surface area contributed by atoms with E-state index in [1.165, 1.54) is 11.7 Å². The maximum atomic E-state index is 5.92. The lowest BCUT2D eigenvalue weighted by atomic mass is 10.3. The van der Waals surface area contributed by atoms with Gasteiger partial charge in [0, 0.05) is 10.6 Å². The first kappa shape index (κ1) is 10.8. The van der Waals surface area contributed by atoms with Crippen LogP contribution in [0, 0.1) is 0 Å². The number of nitrogens with zero attached hydrogens (tertiary/aromatic N) is 4. The number of pyridine rings is 2. The second-order valence-electron chi connectivity index (χ2n) is 3.62. The van der Waals surface area contributed by atoms with Crippen molar-refractivity contribution in [2.75, 3.05) is 0 Å². The average molecular weight is 256 g/mol. The lowest BCUT2D eigenvalue weighted by Crippen LogP contribution is -2.15. The fraction of sp³-hybridized carbons (Fsp3) is 0. The van der Waals surface area contributed by atoms with E-state index in [-0.39, 0.29) is 0 Å². The molecule has 0 atom stereocenters. The molecule has 3 rings (SSSR count). The van der Waals surface area contributed by atoms with E-state index < -0.39 is 0 Å². The Labute approximate surface area is 108 Å². The summed E-state index contributed by atoms with van der Waals surface area (Å²) in [6.45, 7) is 0. The summed E-state index contributed by atoms with van der Waals surface area (Å²) in [5.74, 6) is 0.982. The molecule has 0 aliphatic heterocycles. The van der Waals surface area contributed by atoms with Gasteiger partial charge in [0.05, 0.1) is 0 Å². The zero-order valence-electron chi connectivity index (χ0n) is 9.39. The Hall–Kier alpha value is -2.34. The quantitative estimate of drug-likeness (QED) is 0.427. The van der Waals surface area contributed by atoms with Crippen molar-refractivity contribution in [1.82, 2.24) is 9.36 Å². The maximum absolute atomic E-state index is 5.92. The molecule has 0 saturated carbocycles. The van der Waals surface area contributed by atoms with Crippen molar-refractivity contribution >= 4 is 28.9 Å². The van der Waals surface area contributed by atoms with Gasteiger partial charge in [-0.3, -0.25) is 4.98 Å². The minimum absolute atomic E-state index is 0.368. The van der Waals surface area contributed by atoms with Gasteiger partial charge < -0.3 is 5.73 Å². The maximum Gasteiger partial charge on any atom is 0.332 e. The van der Waals surface area contributed by atoms with Crippen molar-refractivity contribution in [2.24, 2.45) is 10.7 Å². The number of amidine groups is 1. The lowest BCUT2D eigenvalue weighted by Gasteiger charge is -1.95. The van der Waals surface area contributed by atoms with Crippen LogP contribution in [0.4, 0.5) is 5.82 Å². The van der Waals surface area contributed by atoms with Crippen LogP contribution in [0.15, 0.2) is 53.8 Å². The summed E-state index contributed by atoms with van der Waals surface area (Å²) in [5.41, 5.74) is 7.50. The molecule has 0 radical (unpaired) electrons. The highest BCUT2D eigenvalue weighted by atomic mass is 32.1. The number of aliphatic imine (C=N–C) groups is 1. The molecule has 5 nitrogen and oxygen atoms in total. The number of hydrogen-bond acceptors (Lipinski definition) is 4. The van der Waals surface area contributed by atoms with Gasteiger partial charge >= 0.3 is 5.82 Å². The smallest absolute Gasteiger partial charge is 0.332 e. The van der Waals surface area contributed by atoms with Crippen molar-refractivity contribution in [3.63, 3.8) is 0 Å². The summed E-state index contributed by atoms with van der Waals surface area (Å²) >= 11 is 1.33. The van der Waals surface area contributed by atoms with Crippen molar-refractivity contribution in [3.8, 4) is 0 Å². The molecule has 18 heavy (non-hydrogen) atoms. The Morgan fingerprint density at radius 3 is 2.94 bits per heavy atom. The van der Waals surface area contributed by atoms with E-state index in [0.29, 0.717) is 17.3 Å². The molecule has 2 N–H and O–H groups in total. The van der Waals surface area contributed by atoms with Crippen molar-refractivity contribution in [2.45, 2.75) is 0 Å². The molecular formula is C12H10N5S+. The molecule has 0 aliphatic carbocycles. The van der Waals surface area contributed by atoms with Crippen LogP contribution in [0.2, 0.25) is 0 Å². The summed E-state index contributed by atoms with van der Waals surface area (Å²) in [5, 5.41) is 0. The fourth-order valence-corrected chi connectivity index (χ4v) is 2.22. The van der Waals surface area contributed by atoms with Crippen LogP contribution in [0.25, 0.3) is 5.52 Å². The number of aromatic nitrogens is 3. The van der Waals surface area contributed by atoms with Gasteiger partial charge in [-0.1, -0.05) is 12.1 Å². The number of nitrogens with two attached hydrogens (primary N) is 1. The van der Waals surface area contributed by atoms with E-state index >= 15 is 0 Å². The molecule has 0 spiro atoms. The number of fused-ring (bicyclic) bond motifs is 1. The van der Waals surface area contributed by atoms with Gasteiger partial charge in [-0.25, -0.2) is 0 Å². The van der Waals surface area contributed by atoms with Crippen LogP contribution < -0.4 is 9.52 Å².